The molecule has 0 aliphatic rings. The van der Waals surface area contributed by atoms with Gasteiger partial charge in [-0.1, -0.05) is 30.3 Å². The van der Waals surface area contributed by atoms with Crippen molar-refractivity contribution in [2.24, 2.45) is 0 Å². The van der Waals surface area contributed by atoms with E-state index in [0.717, 1.165) is 11.2 Å². The predicted octanol–water partition coefficient (Wildman–Crippen LogP) is 2.13. The summed E-state index contributed by atoms with van der Waals surface area (Å²) in [5, 5.41) is 2.69. The predicted molar refractivity (Wildman–Crippen MR) is 112 cm³/mol. The van der Waals surface area contributed by atoms with Gasteiger partial charge in [0, 0.05) is 11.2 Å². The second-order valence-corrected chi connectivity index (χ2v) is 10.9. The van der Waals surface area contributed by atoms with Crippen molar-refractivity contribution in [3.8, 4) is 0 Å². The number of hydrogen-bond acceptors (Lipinski definition) is 6. The Kier molecular flexibility index (Phi) is 7.64. The molecule has 10 heteroatoms. The lowest BCUT2D eigenvalue weighted by Crippen LogP contribution is -2.44. The van der Waals surface area contributed by atoms with Crippen LogP contribution in [0.5, 0.6) is 0 Å². The third kappa shape index (κ3) is 6.62. The smallest absolute Gasteiger partial charge is 0.242 e. The number of amides is 1. The number of carbonyl (C=O) groups excluding carboxylic acids is 1. The van der Waals surface area contributed by atoms with Crippen LogP contribution in [0.1, 0.15) is 6.42 Å². The summed E-state index contributed by atoms with van der Waals surface area (Å²) in [6.45, 7) is 0. The highest BCUT2D eigenvalue weighted by atomic mass is 32.2. The maximum atomic E-state index is 12.8. The molecule has 152 valence electrons. The number of hydrogen-bond donors (Lipinski definition) is 2. The number of sulfonamides is 1. The van der Waals surface area contributed by atoms with Crippen LogP contribution in [-0.2, 0) is 24.7 Å². The number of nitrogens with one attached hydrogen (secondary N) is 2. The second kappa shape index (κ2) is 9.55. The maximum Gasteiger partial charge on any atom is 0.242 e. The van der Waals surface area contributed by atoms with Gasteiger partial charge in [0.15, 0.2) is 0 Å². The molecular weight excluding hydrogens is 420 g/mol. The van der Waals surface area contributed by atoms with Crippen LogP contribution in [0.3, 0.4) is 0 Å². The molecule has 0 aromatic heterocycles. The first kappa shape index (κ1) is 22.4. The van der Waals surface area contributed by atoms with E-state index < -0.39 is 31.8 Å². The summed E-state index contributed by atoms with van der Waals surface area (Å²) in [6.07, 6.45) is 2.71. The lowest BCUT2D eigenvalue weighted by Gasteiger charge is -2.19. The number of carbonyl (C=O) groups is 1. The number of rotatable bonds is 9. The molecule has 0 saturated carbocycles. The van der Waals surface area contributed by atoms with E-state index in [1.165, 1.54) is 23.9 Å². The van der Waals surface area contributed by atoms with Crippen LogP contribution in [-0.4, -0.2) is 47.0 Å². The molecule has 2 N–H and O–H groups in total. The minimum atomic E-state index is -3.99. The number of anilines is 1. The monoisotopic (exact) mass is 442 g/mol. The molecule has 28 heavy (non-hydrogen) atoms. The summed E-state index contributed by atoms with van der Waals surface area (Å²) >= 11 is 1.43. The molecule has 0 saturated heterocycles. The highest BCUT2D eigenvalue weighted by molar-refractivity contribution is 7.98. The van der Waals surface area contributed by atoms with E-state index in [1.54, 1.807) is 30.3 Å². The number of benzene rings is 2. The van der Waals surface area contributed by atoms with E-state index in [-0.39, 0.29) is 17.1 Å². The van der Waals surface area contributed by atoms with Gasteiger partial charge in [0.1, 0.15) is 15.9 Å². The zero-order valence-corrected chi connectivity index (χ0v) is 17.9. The minimum absolute atomic E-state index is 0.00308. The van der Waals surface area contributed by atoms with Gasteiger partial charge in [-0.3, -0.25) is 4.79 Å². The summed E-state index contributed by atoms with van der Waals surface area (Å²) in [5.41, 5.74) is 0.531. The molecular formula is C18H22N2O5S3. The van der Waals surface area contributed by atoms with Gasteiger partial charge in [0.25, 0.3) is 0 Å². The molecule has 2 aromatic carbocycles. The summed E-state index contributed by atoms with van der Waals surface area (Å²) < 4.78 is 50.6. The largest absolute Gasteiger partial charge is 0.324 e. The van der Waals surface area contributed by atoms with Crippen molar-refractivity contribution in [1.29, 1.82) is 0 Å². The van der Waals surface area contributed by atoms with Gasteiger partial charge >= 0.3 is 0 Å². The fourth-order valence-electron chi connectivity index (χ4n) is 2.40. The number of thioether (sulfide) groups is 1. The normalized spacial score (nSPS) is 13.1. The van der Waals surface area contributed by atoms with Gasteiger partial charge in [-0.15, -0.1) is 11.8 Å². The van der Waals surface area contributed by atoms with Gasteiger partial charge in [-0.05, 0) is 36.9 Å². The average Bonchev–Trinajstić information content (AvgIpc) is 2.65. The Balaban J connectivity index is 2.27. The Labute approximate surface area is 169 Å². The van der Waals surface area contributed by atoms with Crippen molar-refractivity contribution < 1.29 is 21.6 Å². The van der Waals surface area contributed by atoms with Crippen molar-refractivity contribution in [3.63, 3.8) is 0 Å². The highest BCUT2D eigenvalue weighted by Gasteiger charge is 2.27. The zero-order valence-electron chi connectivity index (χ0n) is 15.5. The fraction of sp³-hybridized carbons (Fsp3) is 0.278. The van der Waals surface area contributed by atoms with Crippen LogP contribution in [0.25, 0.3) is 0 Å². The van der Waals surface area contributed by atoms with Crippen molar-refractivity contribution in [1.82, 2.24) is 4.72 Å². The second-order valence-electron chi connectivity index (χ2n) is 6.10. The van der Waals surface area contributed by atoms with Crippen molar-refractivity contribution in [2.45, 2.75) is 22.3 Å². The molecule has 1 unspecified atom stereocenters. The third-order valence-electron chi connectivity index (χ3n) is 3.81. The van der Waals surface area contributed by atoms with E-state index in [9.17, 15) is 21.6 Å². The van der Waals surface area contributed by atoms with E-state index in [4.69, 9.17) is 0 Å². The molecule has 0 spiro atoms. The Morgan fingerprint density at radius 3 is 2.21 bits per heavy atom. The molecule has 0 aliphatic carbocycles. The van der Waals surface area contributed by atoms with Crippen LogP contribution in [0, 0.1) is 0 Å². The molecule has 0 radical (unpaired) electrons. The van der Waals surface area contributed by atoms with E-state index in [0.29, 0.717) is 5.69 Å². The van der Waals surface area contributed by atoms with E-state index in [1.807, 2.05) is 18.4 Å². The highest BCUT2D eigenvalue weighted by Crippen LogP contribution is 2.25. The Morgan fingerprint density at radius 2 is 1.61 bits per heavy atom. The third-order valence-corrected chi connectivity index (χ3v) is 7.07. The van der Waals surface area contributed by atoms with Crippen LogP contribution < -0.4 is 10.0 Å². The average molecular weight is 443 g/mol. The van der Waals surface area contributed by atoms with Crippen LogP contribution in [0.2, 0.25) is 0 Å². The molecule has 2 aromatic rings. The van der Waals surface area contributed by atoms with Crippen molar-refractivity contribution in [2.75, 3.05) is 23.6 Å². The van der Waals surface area contributed by atoms with Gasteiger partial charge in [0.2, 0.25) is 15.9 Å². The Morgan fingerprint density at radius 1 is 1.00 bits per heavy atom. The molecule has 7 nitrogen and oxygen atoms in total. The lowest BCUT2D eigenvalue weighted by molar-refractivity contribution is -0.117. The first-order valence-electron chi connectivity index (χ1n) is 8.31. The number of sulfone groups is 1. The van der Waals surface area contributed by atoms with Crippen molar-refractivity contribution >= 4 is 43.2 Å². The van der Waals surface area contributed by atoms with Gasteiger partial charge in [0.05, 0.1) is 16.3 Å². The SMILES string of the molecule is CSc1ccccc1NC(=O)C(CCS(C)(=O)=O)NS(=O)(=O)c1ccccc1. The molecule has 1 amide bonds. The number of para-hydroxylation sites is 1. The first-order valence-corrected chi connectivity index (χ1v) is 13.1. The van der Waals surface area contributed by atoms with Gasteiger partial charge in [-0.25, -0.2) is 16.8 Å². The van der Waals surface area contributed by atoms with Crippen LogP contribution in [0.15, 0.2) is 64.4 Å². The quantitative estimate of drug-likeness (QED) is 0.576. The molecule has 0 fully saturated rings. The molecule has 0 heterocycles. The van der Waals surface area contributed by atoms with Gasteiger partial charge < -0.3 is 5.32 Å². The van der Waals surface area contributed by atoms with Crippen molar-refractivity contribution in [3.05, 3.63) is 54.6 Å². The van der Waals surface area contributed by atoms with Crippen LogP contribution in [0.4, 0.5) is 5.69 Å². The first-order chi connectivity index (χ1) is 13.1. The van der Waals surface area contributed by atoms with Gasteiger partial charge in [-0.2, -0.15) is 4.72 Å². The zero-order chi connectivity index (χ0) is 20.8. The van der Waals surface area contributed by atoms with E-state index >= 15 is 0 Å². The fourth-order valence-corrected chi connectivity index (χ4v) is 4.87. The minimum Gasteiger partial charge on any atom is -0.324 e. The molecule has 0 bridgehead atoms. The van der Waals surface area contributed by atoms with Crippen LogP contribution >= 0.6 is 11.8 Å². The molecule has 1 atom stereocenters. The Hall–Kier alpha value is -1.88. The summed E-state index contributed by atoms with van der Waals surface area (Å²) in [4.78, 5) is 13.6. The van der Waals surface area contributed by atoms with E-state index in [2.05, 4.69) is 10.0 Å². The topological polar surface area (TPSA) is 109 Å². The summed E-state index contributed by atoms with van der Waals surface area (Å²) in [5.74, 6) is -0.948. The maximum absolute atomic E-state index is 12.8. The molecule has 0 aliphatic heterocycles. The summed E-state index contributed by atoms with van der Waals surface area (Å²) in [6, 6.07) is 13.4. The Bertz CT molecular complexity index is 1020. The molecule has 2 rings (SSSR count). The lowest BCUT2D eigenvalue weighted by atomic mass is 10.2. The standard InChI is InChI=1S/C18H22N2O5S3/c1-26-17-11-7-6-10-15(17)19-18(21)16(12-13-27(2,22)23)20-28(24,25)14-8-4-3-5-9-14/h3-11,16,20H,12-13H2,1-2H3,(H,19,21). The summed E-state index contributed by atoms with van der Waals surface area (Å²) in [7, 11) is -7.37.